The molecule has 0 aliphatic carbocycles. The van der Waals surface area contributed by atoms with Gasteiger partial charge in [0.25, 0.3) is 0 Å². The number of hydrogen-bond donors (Lipinski definition) is 1. The van der Waals surface area contributed by atoms with E-state index in [0.717, 1.165) is 17.7 Å². The lowest BCUT2D eigenvalue weighted by Gasteiger charge is -2.09. The molecule has 2 rings (SSSR count). The van der Waals surface area contributed by atoms with Crippen molar-refractivity contribution in [2.45, 2.75) is 25.9 Å². The Hall–Kier alpha value is -0.960. The van der Waals surface area contributed by atoms with E-state index in [1.807, 2.05) is 19.1 Å². The predicted octanol–water partition coefficient (Wildman–Crippen LogP) is 4.42. The average molecular weight is 285 g/mol. The molecule has 0 spiro atoms. The third-order valence-corrected chi connectivity index (χ3v) is 3.37. The maximum Gasteiger partial charge on any atom is 0.133 e. The largest absolute Gasteiger partial charge is 0.463 e. The smallest absolute Gasteiger partial charge is 0.133 e. The van der Waals surface area contributed by atoms with Crippen LogP contribution in [0.5, 0.6) is 0 Å². The van der Waals surface area contributed by atoms with Gasteiger partial charge in [-0.15, -0.1) is 0 Å². The van der Waals surface area contributed by atoms with Crippen LogP contribution in [0.4, 0.5) is 0 Å². The zero-order chi connectivity index (χ0) is 13.1. The number of hydrogen-bond acceptors (Lipinski definition) is 2. The van der Waals surface area contributed by atoms with Gasteiger partial charge < -0.3 is 9.52 Å². The van der Waals surface area contributed by atoms with E-state index in [0.29, 0.717) is 22.2 Å². The van der Waals surface area contributed by atoms with Gasteiger partial charge in [-0.05, 0) is 29.8 Å². The molecule has 1 unspecified atom stereocenters. The van der Waals surface area contributed by atoms with Crippen LogP contribution >= 0.6 is 23.2 Å². The van der Waals surface area contributed by atoms with Crippen LogP contribution in [-0.2, 0) is 12.8 Å². The van der Waals surface area contributed by atoms with Crippen molar-refractivity contribution in [3.63, 3.8) is 0 Å². The molecule has 4 heteroatoms. The summed E-state index contributed by atoms with van der Waals surface area (Å²) in [6.07, 6.45) is 0.533. The summed E-state index contributed by atoms with van der Waals surface area (Å²) in [6, 6.07) is 8.92. The molecule has 0 fully saturated rings. The first-order valence-corrected chi connectivity index (χ1v) is 6.56. The molecule has 0 aliphatic heterocycles. The summed E-state index contributed by atoms with van der Waals surface area (Å²) in [5.74, 6) is 1.43. The molecule has 0 bridgehead atoms. The Morgan fingerprint density at radius 3 is 2.61 bits per heavy atom. The summed E-state index contributed by atoms with van der Waals surface area (Å²) >= 11 is 11.9. The fourth-order valence-electron chi connectivity index (χ4n) is 1.76. The van der Waals surface area contributed by atoms with Crippen molar-refractivity contribution in [1.29, 1.82) is 0 Å². The van der Waals surface area contributed by atoms with Crippen LogP contribution < -0.4 is 0 Å². The second kappa shape index (κ2) is 5.79. The fourth-order valence-corrected chi connectivity index (χ4v) is 2.25. The quantitative estimate of drug-likeness (QED) is 0.901. The van der Waals surface area contributed by atoms with Gasteiger partial charge in [-0.3, -0.25) is 0 Å². The van der Waals surface area contributed by atoms with Crippen LogP contribution in [0.15, 0.2) is 34.7 Å². The molecule has 0 aliphatic rings. The highest BCUT2D eigenvalue weighted by Crippen LogP contribution is 2.27. The van der Waals surface area contributed by atoms with Gasteiger partial charge in [0.05, 0.1) is 0 Å². The molecule has 0 radical (unpaired) electrons. The lowest BCUT2D eigenvalue weighted by molar-refractivity contribution is 0.148. The molecule has 0 amide bonds. The first kappa shape index (κ1) is 13.5. The lowest BCUT2D eigenvalue weighted by Crippen LogP contribution is -2.01. The molecule has 1 heterocycles. The van der Waals surface area contributed by atoms with E-state index in [2.05, 4.69) is 0 Å². The van der Waals surface area contributed by atoms with Gasteiger partial charge in [-0.1, -0.05) is 36.2 Å². The highest BCUT2D eigenvalue weighted by atomic mass is 35.5. The van der Waals surface area contributed by atoms with Crippen LogP contribution in [0, 0.1) is 0 Å². The van der Waals surface area contributed by atoms with Crippen molar-refractivity contribution in [2.75, 3.05) is 0 Å². The Morgan fingerprint density at radius 2 is 2.00 bits per heavy atom. The number of furan rings is 1. The SMILES string of the molecule is CCc1ccc(C(O)Cc2ccc(Cl)cc2Cl)o1. The summed E-state index contributed by atoms with van der Waals surface area (Å²) < 4.78 is 5.51. The van der Waals surface area contributed by atoms with Crippen LogP contribution in [0.1, 0.15) is 30.1 Å². The van der Waals surface area contributed by atoms with Gasteiger partial charge in [-0.25, -0.2) is 0 Å². The second-order valence-electron chi connectivity index (χ2n) is 4.11. The Labute approximate surface area is 116 Å². The second-order valence-corrected chi connectivity index (χ2v) is 4.96. The summed E-state index contributed by atoms with van der Waals surface area (Å²) in [7, 11) is 0. The van der Waals surface area contributed by atoms with E-state index in [9.17, 15) is 5.11 Å². The van der Waals surface area contributed by atoms with E-state index < -0.39 is 6.10 Å². The van der Waals surface area contributed by atoms with Crippen molar-refractivity contribution < 1.29 is 9.52 Å². The van der Waals surface area contributed by atoms with Crippen LogP contribution in [-0.4, -0.2) is 5.11 Å². The van der Waals surface area contributed by atoms with E-state index in [-0.39, 0.29) is 0 Å². The highest BCUT2D eigenvalue weighted by Gasteiger charge is 2.14. The number of aliphatic hydroxyl groups is 1. The maximum absolute atomic E-state index is 10.1. The third kappa shape index (κ3) is 3.08. The van der Waals surface area contributed by atoms with E-state index >= 15 is 0 Å². The predicted molar refractivity (Wildman–Crippen MR) is 73.2 cm³/mol. The van der Waals surface area contributed by atoms with Gasteiger partial charge in [-0.2, -0.15) is 0 Å². The Kier molecular flexibility index (Phi) is 4.33. The molecule has 1 N–H and O–H groups in total. The van der Waals surface area contributed by atoms with Crippen molar-refractivity contribution in [1.82, 2.24) is 0 Å². The van der Waals surface area contributed by atoms with Crippen LogP contribution in [0.2, 0.25) is 10.0 Å². The molecule has 0 saturated carbocycles. The molecule has 1 atom stereocenters. The molecule has 1 aromatic heterocycles. The molecule has 18 heavy (non-hydrogen) atoms. The van der Waals surface area contributed by atoms with Crippen molar-refractivity contribution in [2.24, 2.45) is 0 Å². The minimum Gasteiger partial charge on any atom is -0.463 e. The first-order chi connectivity index (χ1) is 8.60. The Bertz CT molecular complexity index is 534. The monoisotopic (exact) mass is 284 g/mol. The van der Waals surface area contributed by atoms with Crippen molar-refractivity contribution in [3.05, 3.63) is 57.5 Å². The number of benzene rings is 1. The molecule has 1 aromatic carbocycles. The van der Waals surface area contributed by atoms with Gasteiger partial charge >= 0.3 is 0 Å². The molecular formula is C14H14Cl2O2. The zero-order valence-corrected chi connectivity index (χ0v) is 11.5. The van der Waals surface area contributed by atoms with E-state index in [4.69, 9.17) is 27.6 Å². The summed E-state index contributed by atoms with van der Waals surface area (Å²) in [6.45, 7) is 2.01. The number of rotatable bonds is 4. The topological polar surface area (TPSA) is 33.4 Å². The van der Waals surface area contributed by atoms with Gasteiger partial charge in [0, 0.05) is 22.9 Å². The molecule has 2 nitrogen and oxygen atoms in total. The van der Waals surface area contributed by atoms with Gasteiger partial charge in [0.1, 0.15) is 17.6 Å². The normalized spacial score (nSPS) is 12.7. The fraction of sp³-hybridized carbons (Fsp3) is 0.286. The first-order valence-electron chi connectivity index (χ1n) is 5.80. The maximum atomic E-state index is 10.1. The molecular weight excluding hydrogens is 271 g/mol. The van der Waals surface area contributed by atoms with Crippen LogP contribution in [0.25, 0.3) is 0 Å². The minimum absolute atomic E-state index is 0.409. The number of aliphatic hydroxyl groups excluding tert-OH is 1. The molecule has 96 valence electrons. The molecule has 0 saturated heterocycles. The summed E-state index contributed by atoms with van der Waals surface area (Å²) in [4.78, 5) is 0. The summed E-state index contributed by atoms with van der Waals surface area (Å²) in [5, 5.41) is 11.2. The van der Waals surface area contributed by atoms with E-state index in [1.54, 1.807) is 18.2 Å². The minimum atomic E-state index is -0.691. The van der Waals surface area contributed by atoms with E-state index in [1.165, 1.54) is 0 Å². The standard InChI is InChI=1S/C14H14Cl2O2/c1-2-11-5-6-14(18-11)13(17)7-9-3-4-10(15)8-12(9)16/h3-6,8,13,17H,2,7H2,1H3. The molecule has 2 aromatic rings. The summed E-state index contributed by atoms with van der Waals surface area (Å²) in [5.41, 5.74) is 0.850. The van der Waals surface area contributed by atoms with Crippen molar-refractivity contribution >= 4 is 23.2 Å². The number of halogens is 2. The highest BCUT2D eigenvalue weighted by molar-refractivity contribution is 6.35. The average Bonchev–Trinajstić information content (AvgIpc) is 2.81. The van der Waals surface area contributed by atoms with Gasteiger partial charge in [0.15, 0.2) is 0 Å². The van der Waals surface area contributed by atoms with Gasteiger partial charge in [0.2, 0.25) is 0 Å². The third-order valence-electron chi connectivity index (χ3n) is 2.79. The Morgan fingerprint density at radius 1 is 1.22 bits per heavy atom. The lowest BCUT2D eigenvalue weighted by atomic mass is 10.1. The van der Waals surface area contributed by atoms with Crippen molar-refractivity contribution in [3.8, 4) is 0 Å². The Balaban J connectivity index is 2.13. The number of aryl methyl sites for hydroxylation is 1. The zero-order valence-electron chi connectivity index (χ0n) is 9.99. The van der Waals surface area contributed by atoms with Crippen LogP contribution in [0.3, 0.4) is 0 Å².